The summed E-state index contributed by atoms with van der Waals surface area (Å²) in [6.45, 7) is 14.7. The van der Waals surface area contributed by atoms with E-state index in [0.29, 0.717) is 16.9 Å². The minimum absolute atomic E-state index is 0.368. The number of allylic oxidation sites excluding steroid dienone is 1. The Balaban J connectivity index is 1.47. The summed E-state index contributed by atoms with van der Waals surface area (Å²) in [5.74, 6) is 0.201. The van der Waals surface area contributed by atoms with Crippen LogP contribution in [-0.2, 0) is 0 Å². The number of anilines is 1. The van der Waals surface area contributed by atoms with E-state index in [-0.39, 0.29) is 5.91 Å². The number of benzene rings is 1. The van der Waals surface area contributed by atoms with Crippen molar-refractivity contribution in [1.29, 1.82) is 0 Å². The molecule has 1 saturated heterocycles. The lowest BCUT2D eigenvalue weighted by molar-refractivity contribution is 0.100. The standard InChI is InChI=1S/C27H37N3OS/c1-19(2)24-17-32-18-25(24)23-15-27(3,4)10-9-21(23)16-29-11-13-30(14-12-29)22-7-5-20(6-8-22)26(28)31/h5-8,17-19H,9-16H2,1-4H3,(H2,28,31). The molecule has 0 bridgehead atoms. The second-order valence-corrected chi connectivity index (χ2v) is 11.2. The molecule has 1 aromatic carbocycles. The number of amides is 1. The summed E-state index contributed by atoms with van der Waals surface area (Å²) in [4.78, 5) is 16.4. The van der Waals surface area contributed by atoms with E-state index in [1.165, 1.54) is 36.1 Å². The predicted octanol–water partition coefficient (Wildman–Crippen LogP) is 5.76. The van der Waals surface area contributed by atoms with Crippen LogP contribution in [0.4, 0.5) is 5.69 Å². The van der Waals surface area contributed by atoms with Gasteiger partial charge in [-0.15, -0.1) is 0 Å². The fourth-order valence-electron chi connectivity index (χ4n) is 5.06. The van der Waals surface area contributed by atoms with Gasteiger partial charge in [-0.2, -0.15) is 11.3 Å². The van der Waals surface area contributed by atoms with Gasteiger partial charge in [0.25, 0.3) is 0 Å². The van der Waals surface area contributed by atoms with Gasteiger partial charge in [-0.1, -0.05) is 33.3 Å². The topological polar surface area (TPSA) is 49.6 Å². The third kappa shape index (κ3) is 5.10. The summed E-state index contributed by atoms with van der Waals surface area (Å²) < 4.78 is 0. The van der Waals surface area contributed by atoms with Crippen molar-refractivity contribution in [3.05, 3.63) is 57.3 Å². The van der Waals surface area contributed by atoms with E-state index in [2.05, 4.69) is 48.3 Å². The largest absolute Gasteiger partial charge is 0.369 e. The molecule has 2 aromatic rings. The molecule has 1 fully saturated rings. The van der Waals surface area contributed by atoms with E-state index < -0.39 is 0 Å². The summed E-state index contributed by atoms with van der Waals surface area (Å²) in [5.41, 5.74) is 13.8. The van der Waals surface area contributed by atoms with Crippen LogP contribution in [0.1, 0.15) is 74.4 Å². The van der Waals surface area contributed by atoms with E-state index in [4.69, 9.17) is 5.73 Å². The van der Waals surface area contributed by atoms with Gasteiger partial charge in [-0.05, 0) is 82.3 Å². The van der Waals surface area contributed by atoms with E-state index in [1.807, 2.05) is 35.6 Å². The van der Waals surface area contributed by atoms with Crippen LogP contribution in [0.2, 0.25) is 0 Å². The molecule has 5 heteroatoms. The molecule has 0 radical (unpaired) electrons. The highest BCUT2D eigenvalue weighted by Crippen LogP contribution is 2.45. The number of carbonyl (C=O) groups excluding carboxylic acids is 1. The third-order valence-electron chi connectivity index (χ3n) is 7.13. The average molecular weight is 452 g/mol. The molecular formula is C27H37N3OS. The zero-order chi connectivity index (χ0) is 22.9. The lowest BCUT2D eigenvalue weighted by atomic mass is 9.72. The van der Waals surface area contributed by atoms with Crippen molar-refractivity contribution in [1.82, 2.24) is 4.90 Å². The van der Waals surface area contributed by atoms with Gasteiger partial charge < -0.3 is 10.6 Å². The number of hydrogen-bond donors (Lipinski definition) is 1. The van der Waals surface area contributed by atoms with Gasteiger partial charge >= 0.3 is 0 Å². The third-order valence-corrected chi connectivity index (χ3v) is 7.89. The number of nitrogens with zero attached hydrogens (tertiary/aromatic N) is 2. The van der Waals surface area contributed by atoms with Crippen molar-refractivity contribution in [2.24, 2.45) is 11.1 Å². The van der Waals surface area contributed by atoms with Gasteiger partial charge in [0.15, 0.2) is 0 Å². The van der Waals surface area contributed by atoms with Crippen LogP contribution in [-0.4, -0.2) is 43.5 Å². The normalized spacial score (nSPS) is 19.6. The van der Waals surface area contributed by atoms with Gasteiger partial charge in [0.2, 0.25) is 5.91 Å². The maximum Gasteiger partial charge on any atom is 0.248 e. The molecule has 2 N–H and O–H groups in total. The number of carbonyl (C=O) groups is 1. The molecule has 1 aliphatic heterocycles. The Morgan fingerprint density at radius 3 is 2.41 bits per heavy atom. The van der Waals surface area contributed by atoms with Crippen LogP contribution in [0, 0.1) is 5.41 Å². The van der Waals surface area contributed by atoms with Crippen LogP contribution < -0.4 is 10.6 Å². The number of primary amides is 1. The van der Waals surface area contributed by atoms with E-state index in [0.717, 1.165) is 32.7 Å². The first kappa shape index (κ1) is 23.1. The molecule has 0 atom stereocenters. The zero-order valence-corrected chi connectivity index (χ0v) is 20.8. The second-order valence-electron chi connectivity index (χ2n) is 10.5. The Morgan fingerprint density at radius 2 is 1.78 bits per heavy atom. The van der Waals surface area contributed by atoms with Crippen LogP contribution in [0.15, 0.2) is 40.6 Å². The Labute approximate surface area is 197 Å². The molecule has 4 nitrogen and oxygen atoms in total. The zero-order valence-electron chi connectivity index (χ0n) is 20.0. The lowest BCUT2D eigenvalue weighted by Gasteiger charge is -2.39. The smallest absolute Gasteiger partial charge is 0.248 e. The first-order chi connectivity index (χ1) is 15.2. The molecule has 0 saturated carbocycles. The van der Waals surface area contributed by atoms with Crippen molar-refractivity contribution in [2.75, 3.05) is 37.6 Å². The molecule has 0 spiro atoms. The minimum Gasteiger partial charge on any atom is -0.369 e. The van der Waals surface area contributed by atoms with Crippen LogP contribution in [0.3, 0.4) is 0 Å². The van der Waals surface area contributed by atoms with Crippen LogP contribution >= 0.6 is 11.3 Å². The average Bonchev–Trinajstić information content (AvgIpc) is 3.26. The first-order valence-corrected chi connectivity index (χ1v) is 12.8. The summed E-state index contributed by atoms with van der Waals surface area (Å²) in [6, 6.07) is 7.70. The highest BCUT2D eigenvalue weighted by Gasteiger charge is 2.30. The van der Waals surface area contributed by atoms with Gasteiger partial charge in [0.05, 0.1) is 0 Å². The van der Waals surface area contributed by atoms with Gasteiger partial charge in [-0.3, -0.25) is 9.69 Å². The molecule has 0 unspecified atom stereocenters. The lowest BCUT2D eigenvalue weighted by Crippen LogP contribution is -2.47. The van der Waals surface area contributed by atoms with Crippen LogP contribution in [0.25, 0.3) is 5.57 Å². The quantitative estimate of drug-likeness (QED) is 0.608. The number of nitrogens with two attached hydrogens (primary N) is 1. The SMILES string of the molecule is CC(C)c1cscc1C1=C(CN2CCN(c3ccc(C(N)=O)cc3)CC2)CCC(C)(C)C1. The van der Waals surface area contributed by atoms with E-state index in [1.54, 1.807) is 11.1 Å². The Hall–Kier alpha value is -2.11. The molecule has 172 valence electrons. The Kier molecular flexibility index (Phi) is 6.78. The highest BCUT2D eigenvalue weighted by molar-refractivity contribution is 7.08. The molecule has 1 amide bonds. The van der Waals surface area contributed by atoms with Crippen molar-refractivity contribution < 1.29 is 4.79 Å². The number of piperazine rings is 1. The maximum absolute atomic E-state index is 11.3. The molecule has 1 aliphatic carbocycles. The fourth-order valence-corrected chi connectivity index (χ4v) is 6.09. The predicted molar refractivity (Wildman–Crippen MR) is 137 cm³/mol. The molecule has 1 aromatic heterocycles. The number of hydrogen-bond acceptors (Lipinski definition) is 4. The number of rotatable bonds is 6. The van der Waals surface area contributed by atoms with Crippen molar-refractivity contribution in [3.8, 4) is 0 Å². The van der Waals surface area contributed by atoms with Crippen molar-refractivity contribution >= 4 is 28.5 Å². The van der Waals surface area contributed by atoms with Gasteiger partial charge in [0, 0.05) is 44.0 Å². The Bertz CT molecular complexity index is 979. The molecule has 4 rings (SSSR count). The van der Waals surface area contributed by atoms with Crippen LogP contribution in [0.5, 0.6) is 0 Å². The molecule has 2 aliphatic rings. The van der Waals surface area contributed by atoms with E-state index >= 15 is 0 Å². The number of thiophene rings is 1. The van der Waals surface area contributed by atoms with Crippen molar-refractivity contribution in [2.45, 2.75) is 52.9 Å². The first-order valence-electron chi connectivity index (χ1n) is 11.9. The monoisotopic (exact) mass is 451 g/mol. The molecule has 32 heavy (non-hydrogen) atoms. The molecule has 2 heterocycles. The summed E-state index contributed by atoms with van der Waals surface area (Å²) in [5, 5.41) is 4.74. The second kappa shape index (κ2) is 9.40. The fraction of sp³-hybridized carbons (Fsp3) is 0.519. The molecular weight excluding hydrogens is 414 g/mol. The van der Waals surface area contributed by atoms with E-state index in [9.17, 15) is 4.79 Å². The van der Waals surface area contributed by atoms with Crippen molar-refractivity contribution in [3.63, 3.8) is 0 Å². The summed E-state index contributed by atoms with van der Waals surface area (Å²) >= 11 is 1.85. The maximum atomic E-state index is 11.3. The minimum atomic E-state index is -0.368. The Morgan fingerprint density at radius 1 is 1.09 bits per heavy atom. The summed E-state index contributed by atoms with van der Waals surface area (Å²) in [6.07, 6.45) is 3.68. The highest BCUT2D eigenvalue weighted by atomic mass is 32.1. The van der Waals surface area contributed by atoms with Gasteiger partial charge in [-0.25, -0.2) is 0 Å². The van der Waals surface area contributed by atoms with Gasteiger partial charge in [0.1, 0.15) is 0 Å². The summed E-state index contributed by atoms with van der Waals surface area (Å²) in [7, 11) is 0.